The van der Waals surface area contributed by atoms with Crippen molar-refractivity contribution in [3.05, 3.63) is 84.2 Å². The molecule has 0 fully saturated rings. The van der Waals surface area contributed by atoms with E-state index in [9.17, 15) is 0 Å². The number of rotatable bonds is 8. The third-order valence-corrected chi connectivity index (χ3v) is 6.16. The van der Waals surface area contributed by atoms with Crippen LogP contribution in [0.25, 0.3) is 21.5 Å². The minimum Gasteiger partial charge on any atom is -0.492 e. The molecule has 1 unspecified atom stereocenters. The van der Waals surface area contributed by atoms with E-state index >= 15 is 0 Å². The Bertz CT molecular complexity index is 1360. The lowest BCUT2D eigenvalue weighted by atomic mass is 10.1. The van der Waals surface area contributed by atoms with Gasteiger partial charge in [0.25, 0.3) is 0 Å². The van der Waals surface area contributed by atoms with Crippen molar-refractivity contribution in [3.8, 4) is 17.0 Å². The van der Waals surface area contributed by atoms with Crippen LogP contribution in [0.3, 0.4) is 0 Å². The van der Waals surface area contributed by atoms with Gasteiger partial charge in [0.1, 0.15) is 24.0 Å². The van der Waals surface area contributed by atoms with E-state index < -0.39 is 0 Å². The number of benzene rings is 2. The Hall–Kier alpha value is -3.78. The van der Waals surface area contributed by atoms with Gasteiger partial charge in [-0.05, 0) is 43.7 Å². The van der Waals surface area contributed by atoms with Gasteiger partial charge < -0.3 is 14.6 Å². The van der Waals surface area contributed by atoms with Crippen molar-refractivity contribution in [3.63, 3.8) is 0 Å². The van der Waals surface area contributed by atoms with Crippen LogP contribution in [0.1, 0.15) is 24.4 Å². The van der Waals surface area contributed by atoms with Gasteiger partial charge in [-0.3, -0.25) is 0 Å². The molecule has 166 valence electrons. The Morgan fingerprint density at radius 3 is 2.94 bits per heavy atom. The molecule has 5 aromatic rings. The summed E-state index contributed by atoms with van der Waals surface area (Å²) in [4.78, 5) is 17.7. The van der Waals surface area contributed by atoms with Crippen molar-refractivity contribution in [2.75, 3.05) is 11.9 Å². The lowest BCUT2D eigenvalue weighted by Gasteiger charge is -2.17. The lowest BCUT2D eigenvalue weighted by molar-refractivity contribution is 0.298. The van der Waals surface area contributed by atoms with Crippen LogP contribution in [0, 0.1) is 6.92 Å². The Morgan fingerprint density at radius 1 is 1.12 bits per heavy atom. The second kappa shape index (κ2) is 9.38. The number of nitrogens with zero attached hydrogens (tertiary/aromatic N) is 5. The highest BCUT2D eigenvalue weighted by atomic mass is 32.1. The monoisotopic (exact) mass is 456 g/mol. The standard InChI is InChI=1S/C25H24N6OS/c1-17(19-4-3-5-21(12-19)32-11-10-31-9-8-26-15-31)28-25-14-23(29-18(2)30-25)20-6-7-22-24(13-20)33-16-27-22/h3-9,12-17H,10-11H2,1-2H3,(H,28,29,30). The average Bonchev–Trinajstić information content (AvgIpc) is 3.50. The van der Waals surface area contributed by atoms with E-state index in [-0.39, 0.29) is 6.04 Å². The van der Waals surface area contributed by atoms with E-state index in [0.717, 1.165) is 51.0 Å². The van der Waals surface area contributed by atoms with Gasteiger partial charge in [-0.1, -0.05) is 18.2 Å². The van der Waals surface area contributed by atoms with Crippen molar-refractivity contribution in [1.29, 1.82) is 0 Å². The molecule has 33 heavy (non-hydrogen) atoms. The van der Waals surface area contributed by atoms with Crippen molar-refractivity contribution in [1.82, 2.24) is 24.5 Å². The predicted molar refractivity (Wildman–Crippen MR) is 132 cm³/mol. The molecule has 0 saturated carbocycles. The zero-order valence-corrected chi connectivity index (χ0v) is 19.3. The minimum atomic E-state index is 0.0494. The fourth-order valence-corrected chi connectivity index (χ4v) is 4.39. The summed E-state index contributed by atoms with van der Waals surface area (Å²) in [5.41, 5.74) is 5.95. The maximum Gasteiger partial charge on any atom is 0.130 e. The molecule has 5 rings (SSSR count). The molecule has 7 nitrogen and oxygen atoms in total. The molecule has 3 aromatic heterocycles. The molecule has 8 heteroatoms. The quantitative estimate of drug-likeness (QED) is 0.332. The number of fused-ring (bicyclic) bond motifs is 1. The van der Waals surface area contributed by atoms with Gasteiger partial charge >= 0.3 is 0 Å². The van der Waals surface area contributed by atoms with Crippen LogP contribution in [0.4, 0.5) is 5.82 Å². The van der Waals surface area contributed by atoms with Gasteiger partial charge in [0.15, 0.2) is 0 Å². The smallest absolute Gasteiger partial charge is 0.130 e. The van der Waals surface area contributed by atoms with Gasteiger partial charge in [-0.15, -0.1) is 11.3 Å². The number of ether oxygens (including phenoxy) is 1. The first-order valence-corrected chi connectivity index (χ1v) is 11.7. The van der Waals surface area contributed by atoms with Gasteiger partial charge in [0, 0.05) is 24.0 Å². The molecule has 0 bridgehead atoms. The number of aromatic nitrogens is 5. The number of anilines is 1. The topological polar surface area (TPSA) is 77.8 Å². The van der Waals surface area contributed by atoms with E-state index in [4.69, 9.17) is 4.74 Å². The van der Waals surface area contributed by atoms with Crippen LogP contribution in [-0.4, -0.2) is 31.1 Å². The molecule has 0 amide bonds. The summed E-state index contributed by atoms with van der Waals surface area (Å²) in [7, 11) is 0. The van der Waals surface area contributed by atoms with Crippen LogP contribution < -0.4 is 10.1 Å². The van der Waals surface area contributed by atoms with E-state index in [0.29, 0.717) is 6.61 Å². The first kappa shape index (κ1) is 21.1. The number of nitrogens with one attached hydrogen (secondary N) is 1. The van der Waals surface area contributed by atoms with Gasteiger partial charge in [0.2, 0.25) is 0 Å². The van der Waals surface area contributed by atoms with Crippen LogP contribution in [0.5, 0.6) is 5.75 Å². The summed E-state index contributed by atoms with van der Waals surface area (Å²) in [5.74, 6) is 2.36. The largest absolute Gasteiger partial charge is 0.492 e. The van der Waals surface area contributed by atoms with E-state index in [1.165, 1.54) is 0 Å². The fourth-order valence-electron chi connectivity index (χ4n) is 3.67. The first-order valence-electron chi connectivity index (χ1n) is 10.8. The molecular formula is C25H24N6OS. The highest BCUT2D eigenvalue weighted by molar-refractivity contribution is 7.16. The highest BCUT2D eigenvalue weighted by Crippen LogP contribution is 2.28. The van der Waals surface area contributed by atoms with Crippen LogP contribution in [0.2, 0.25) is 0 Å². The van der Waals surface area contributed by atoms with Crippen molar-refractivity contribution in [2.24, 2.45) is 0 Å². The Morgan fingerprint density at radius 2 is 2.06 bits per heavy atom. The van der Waals surface area contributed by atoms with Gasteiger partial charge in [0.05, 0.1) is 40.3 Å². The normalized spacial score (nSPS) is 12.1. The zero-order valence-electron chi connectivity index (χ0n) is 18.5. The predicted octanol–water partition coefficient (Wildman–Crippen LogP) is 5.51. The van der Waals surface area contributed by atoms with Crippen LogP contribution in [-0.2, 0) is 6.54 Å². The Labute approximate surface area is 196 Å². The number of hydrogen-bond acceptors (Lipinski definition) is 7. The van der Waals surface area contributed by atoms with Gasteiger partial charge in [-0.2, -0.15) is 0 Å². The molecule has 0 aliphatic heterocycles. The Kier molecular flexibility index (Phi) is 5.99. The summed E-state index contributed by atoms with van der Waals surface area (Å²) >= 11 is 1.63. The number of imidazole rings is 1. The summed E-state index contributed by atoms with van der Waals surface area (Å²) in [6, 6.07) is 16.4. The van der Waals surface area contributed by atoms with Crippen LogP contribution in [0.15, 0.2) is 72.8 Å². The molecular weight excluding hydrogens is 432 g/mol. The van der Waals surface area contributed by atoms with Crippen molar-refractivity contribution >= 4 is 27.4 Å². The molecule has 0 saturated heterocycles. The summed E-state index contributed by atoms with van der Waals surface area (Å²) in [6.45, 7) is 5.37. The van der Waals surface area contributed by atoms with E-state index in [2.05, 4.69) is 56.4 Å². The van der Waals surface area contributed by atoms with Gasteiger partial charge in [-0.25, -0.2) is 19.9 Å². The third kappa shape index (κ3) is 5.01. The number of aryl methyl sites for hydroxylation is 1. The molecule has 2 aromatic carbocycles. The second-order valence-corrected chi connectivity index (χ2v) is 8.69. The van der Waals surface area contributed by atoms with Crippen molar-refractivity contribution in [2.45, 2.75) is 26.4 Å². The number of hydrogen-bond donors (Lipinski definition) is 1. The maximum absolute atomic E-state index is 5.94. The van der Waals surface area contributed by atoms with E-state index in [1.807, 2.05) is 47.5 Å². The molecule has 0 spiro atoms. The second-order valence-electron chi connectivity index (χ2n) is 7.81. The molecule has 0 aliphatic carbocycles. The maximum atomic E-state index is 5.94. The molecule has 1 N–H and O–H groups in total. The molecule has 3 heterocycles. The summed E-state index contributed by atoms with van der Waals surface area (Å²) in [6.07, 6.45) is 5.49. The van der Waals surface area contributed by atoms with Crippen molar-refractivity contribution < 1.29 is 4.74 Å². The molecule has 0 radical (unpaired) electrons. The Balaban J connectivity index is 1.29. The first-order chi connectivity index (χ1) is 16.1. The van der Waals surface area contributed by atoms with Crippen LogP contribution >= 0.6 is 11.3 Å². The summed E-state index contributed by atoms with van der Waals surface area (Å²) < 4.78 is 9.08. The fraction of sp³-hybridized carbons (Fsp3) is 0.200. The third-order valence-electron chi connectivity index (χ3n) is 5.36. The zero-order chi connectivity index (χ0) is 22.6. The number of thiazole rings is 1. The van der Waals surface area contributed by atoms with E-state index in [1.54, 1.807) is 23.9 Å². The highest BCUT2D eigenvalue weighted by Gasteiger charge is 2.11. The lowest BCUT2D eigenvalue weighted by Crippen LogP contribution is -2.10. The molecule has 1 atom stereocenters. The minimum absolute atomic E-state index is 0.0494. The summed E-state index contributed by atoms with van der Waals surface area (Å²) in [5, 5.41) is 3.52. The SMILES string of the molecule is Cc1nc(NC(C)c2cccc(OCCn3ccnc3)c2)cc(-c2ccc3ncsc3c2)n1. The molecule has 0 aliphatic rings. The average molecular weight is 457 g/mol.